The van der Waals surface area contributed by atoms with Crippen molar-refractivity contribution in [3.63, 3.8) is 0 Å². The van der Waals surface area contributed by atoms with Gasteiger partial charge in [-0.25, -0.2) is 9.97 Å². The highest BCUT2D eigenvalue weighted by Crippen LogP contribution is 2.68. The van der Waals surface area contributed by atoms with Crippen LogP contribution >= 0.6 is 0 Å². The standard InChI is InChI=1S/C30H43N3O2/c1-18(4-7-27-32-17-19-16-31-13-10-25(19)33-27)22-5-6-23-28-24(9-12-30(22,23)3)29(2)11-8-21(34)14-20(29)15-26(28)35/h10,13,16-18,20-24,26,28,34-35H,4-9,11-12,14-15H2,1-3H3/t18-,20+,21-,22-,23+,24?,26-,28+,29+,30-/m1/s1. The predicted octanol–water partition coefficient (Wildman–Crippen LogP) is 5.58. The first-order chi connectivity index (χ1) is 16.8. The van der Waals surface area contributed by atoms with Crippen molar-refractivity contribution in [2.24, 2.45) is 46.3 Å². The molecular formula is C30H43N3O2. The summed E-state index contributed by atoms with van der Waals surface area (Å²) in [6.07, 6.45) is 16.2. The number of aliphatic hydroxyl groups excluding tert-OH is 2. The first-order valence-corrected chi connectivity index (χ1v) is 14.2. The molecule has 2 aromatic heterocycles. The number of aromatic nitrogens is 3. The Hall–Kier alpha value is -1.59. The molecule has 190 valence electrons. The second-order valence-electron chi connectivity index (χ2n) is 13.2. The van der Waals surface area contributed by atoms with E-state index in [1.54, 1.807) is 6.20 Å². The molecule has 10 atom stereocenters. The Morgan fingerprint density at radius 3 is 2.66 bits per heavy atom. The van der Waals surface area contributed by atoms with Gasteiger partial charge in [0.05, 0.1) is 17.7 Å². The van der Waals surface area contributed by atoms with Gasteiger partial charge in [0.2, 0.25) is 0 Å². The molecule has 0 amide bonds. The molecule has 4 aliphatic carbocycles. The maximum absolute atomic E-state index is 11.5. The Balaban J connectivity index is 1.17. The third-order valence-electron chi connectivity index (χ3n) is 11.7. The normalized spacial score (nSPS) is 43.9. The van der Waals surface area contributed by atoms with Crippen LogP contribution in [0.5, 0.6) is 0 Å². The van der Waals surface area contributed by atoms with Crippen LogP contribution in [-0.2, 0) is 6.42 Å². The zero-order valence-electron chi connectivity index (χ0n) is 21.7. The van der Waals surface area contributed by atoms with Gasteiger partial charge < -0.3 is 10.2 Å². The highest BCUT2D eigenvalue weighted by atomic mass is 16.3. The quantitative estimate of drug-likeness (QED) is 0.601. The third kappa shape index (κ3) is 3.83. The fraction of sp³-hybridized carbons (Fsp3) is 0.767. The first-order valence-electron chi connectivity index (χ1n) is 14.2. The van der Waals surface area contributed by atoms with Gasteiger partial charge in [0.15, 0.2) is 0 Å². The van der Waals surface area contributed by atoms with Crippen molar-refractivity contribution in [2.75, 3.05) is 0 Å². The van der Waals surface area contributed by atoms with Crippen LogP contribution in [0.15, 0.2) is 24.7 Å². The van der Waals surface area contributed by atoms with E-state index in [-0.39, 0.29) is 12.2 Å². The number of rotatable bonds is 4. The van der Waals surface area contributed by atoms with E-state index in [9.17, 15) is 10.2 Å². The van der Waals surface area contributed by atoms with Gasteiger partial charge in [-0.2, -0.15) is 0 Å². The van der Waals surface area contributed by atoms with E-state index in [1.807, 2.05) is 18.5 Å². The van der Waals surface area contributed by atoms with Gasteiger partial charge in [-0.1, -0.05) is 20.8 Å². The molecule has 0 radical (unpaired) electrons. The van der Waals surface area contributed by atoms with Crippen LogP contribution in [0, 0.1) is 46.3 Å². The van der Waals surface area contributed by atoms with Gasteiger partial charge in [-0.15, -0.1) is 0 Å². The Morgan fingerprint density at radius 1 is 1.00 bits per heavy atom. The molecule has 6 rings (SSSR count). The topological polar surface area (TPSA) is 79.1 Å². The molecule has 0 spiro atoms. The average molecular weight is 478 g/mol. The van der Waals surface area contributed by atoms with Gasteiger partial charge in [0.25, 0.3) is 0 Å². The molecule has 4 saturated carbocycles. The molecule has 0 aliphatic heterocycles. The van der Waals surface area contributed by atoms with Gasteiger partial charge in [-0.05, 0) is 110 Å². The highest BCUT2D eigenvalue weighted by Gasteiger charge is 2.62. The zero-order chi connectivity index (χ0) is 24.4. The third-order valence-corrected chi connectivity index (χ3v) is 11.7. The van der Waals surface area contributed by atoms with Crippen molar-refractivity contribution in [3.8, 4) is 0 Å². The zero-order valence-corrected chi connectivity index (χ0v) is 21.7. The van der Waals surface area contributed by atoms with Crippen molar-refractivity contribution >= 4 is 10.9 Å². The summed E-state index contributed by atoms with van der Waals surface area (Å²) in [7, 11) is 0. The van der Waals surface area contributed by atoms with E-state index in [2.05, 4.69) is 30.7 Å². The van der Waals surface area contributed by atoms with E-state index in [4.69, 9.17) is 4.98 Å². The second-order valence-corrected chi connectivity index (χ2v) is 13.2. The summed E-state index contributed by atoms with van der Waals surface area (Å²) in [5, 5.41) is 22.8. The number of hydrogen-bond acceptors (Lipinski definition) is 5. The fourth-order valence-corrected chi connectivity index (χ4v) is 9.77. The minimum atomic E-state index is -0.192. The van der Waals surface area contributed by atoms with Crippen LogP contribution in [0.4, 0.5) is 0 Å². The van der Waals surface area contributed by atoms with Crippen LogP contribution in [0.3, 0.4) is 0 Å². The van der Waals surface area contributed by atoms with Gasteiger partial charge >= 0.3 is 0 Å². The lowest BCUT2D eigenvalue weighted by atomic mass is 9.43. The Kier molecular flexibility index (Phi) is 5.95. The molecule has 5 nitrogen and oxygen atoms in total. The second kappa shape index (κ2) is 8.76. The Morgan fingerprint density at radius 2 is 1.80 bits per heavy atom. The molecule has 2 N–H and O–H groups in total. The van der Waals surface area contributed by atoms with Crippen LogP contribution in [0.25, 0.3) is 10.9 Å². The van der Waals surface area contributed by atoms with Crippen molar-refractivity contribution < 1.29 is 10.2 Å². The molecule has 0 saturated heterocycles. The Bertz CT molecular complexity index is 1080. The SMILES string of the molecule is C[C@H](CCc1ncc2cnccc2n1)[C@H]1CC[C@H]2[C@H]3C(CC[C@]12C)[C@@]1(C)CC[C@@H](O)C[C@H]1C[C@H]3O. The van der Waals surface area contributed by atoms with Crippen molar-refractivity contribution in [1.82, 2.24) is 15.0 Å². The van der Waals surface area contributed by atoms with E-state index < -0.39 is 0 Å². The molecule has 5 heteroatoms. The summed E-state index contributed by atoms with van der Waals surface area (Å²) in [4.78, 5) is 13.6. The molecule has 35 heavy (non-hydrogen) atoms. The van der Waals surface area contributed by atoms with E-state index >= 15 is 0 Å². The monoisotopic (exact) mass is 477 g/mol. The van der Waals surface area contributed by atoms with Gasteiger partial charge in [0, 0.05) is 30.4 Å². The minimum absolute atomic E-state index is 0.161. The summed E-state index contributed by atoms with van der Waals surface area (Å²) < 4.78 is 0. The van der Waals surface area contributed by atoms with Gasteiger partial charge in [-0.3, -0.25) is 4.98 Å². The molecule has 0 bridgehead atoms. The van der Waals surface area contributed by atoms with Crippen molar-refractivity contribution in [2.45, 2.75) is 97.2 Å². The van der Waals surface area contributed by atoms with Crippen LogP contribution in [-0.4, -0.2) is 37.4 Å². The minimum Gasteiger partial charge on any atom is -0.393 e. The van der Waals surface area contributed by atoms with Crippen LogP contribution < -0.4 is 0 Å². The lowest BCUT2D eigenvalue weighted by Gasteiger charge is -2.62. The van der Waals surface area contributed by atoms with E-state index in [0.29, 0.717) is 46.3 Å². The van der Waals surface area contributed by atoms with Crippen molar-refractivity contribution in [1.29, 1.82) is 0 Å². The summed E-state index contributed by atoms with van der Waals surface area (Å²) in [5.74, 6) is 4.48. The number of nitrogens with zero attached hydrogens (tertiary/aromatic N) is 3. The maximum atomic E-state index is 11.5. The molecule has 4 fully saturated rings. The summed E-state index contributed by atoms with van der Waals surface area (Å²) in [5.41, 5.74) is 1.61. The number of fused-ring (bicyclic) bond motifs is 6. The lowest BCUT2D eigenvalue weighted by Crippen LogP contribution is -2.58. The van der Waals surface area contributed by atoms with E-state index in [0.717, 1.165) is 55.3 Å². The van der Waals surface area contributed by atoms with Crippen molar-refractivity contribution in [3.05, 3.63) is 30.5 Å². The Labute approximate surface area is 210 Å². The number of aryl methyl sites for hydroxylation is 1. The maximum Gasteiger partial charge on any atom is 0.128 e. The first kappa shape index (κ1) is 23.8. The summed E-state index contributed by atoms with van der Waals surface area (Å²) in [6, 6.07) is 1.97. The molecule has 0 aromatic carbocycles. The molecular weight excluding hydrogens is 434 g/mol. The highest BCUT2D eigenvalue weighted by molar-refractivity contribution is 5.75. The average Bonchev–Trinajstić information content (AvgIpc) is 3.21. The largest absolute Gasteiger partial charge is 0.393 e. The molecule has 4 aliphatic rings. The summed E-state index contributed by atoms with van der Waals surface area (Å²) >= 11 is 0. The fourth-order valence-electron chi connectivity index (χ4n) is 9.77. The summed E-state index contributed by atoms with van der Waals surface area (Å²) in [6.45, 7) is 7.52. The van der Waals surface area contributed by atoms with Crippen LogP contribution in [0.2, 0.25) is 0 Å². The lowest BCUT2D eigenvalue weighted by molar-refractivity contribution is -0.174. The van der Waals surface area contributed by atoms with Gasteiger partial charge in [0.1, 0.15) is 5.82 Å². The molecule has 1 unspecified atom stereocenters. The molecule has 2 heterocycles. The van der Waals surface area contributed by atoms with E-state index in [1.165, 1.54) is 25.7 Å². The smallest absolute Gasteiger partial charge is 0.128 e. The number of pyridine rings is 1. The number of hydrogen-bond donors (Lipinski definition) is 2. The predicted molar refractivity (Wildman–Crippen MR) is 137 cm³/mol. The number of aliphatic hydroxyl groups is 2. The van der Waals surface area contributed by atoms with Crippen LogP contribution in [0.1, 0.15) is 84.4 Å². The molecule has 2 aromatic rings.